The van der Waals surface area contributed by atoms with Gasteiger partial charge in [-0.1, -0.05) is 66.5 Å². The first-order chi connectivity index (χ1) is 14.4. The molecule has 0 aliphatic carbocycles. The van der Waals surface area contributed by atoms with Crippen LogP contribution < -0.4 is 0 Å². The molecule has 0 aliphatic rings. The molecule has 32 heavy (non-hydrogen) atoms. The first-order valence-corrected chi connectivity index (χ1v) is 10.9. The molecule has 1 N–H and O–H groups in total. The van der Waals surface area contributed by atoms with Crippen molar-refractivity contribution in [3.63, 3.8) is 0 Å². The topological polar surface area (TPSA) is 20.7 Å². The molecule has 0 unspecified atom stereocenters. The number of hydrogen-bond donors (Lipinski definition) is 1. The number of aromatic nitrogens is 2. The maximum absolute atomic E-state index is 4.93. The normalized spacial score (nSPS) is 9.25. The molecule has 180 valence electrons. The van der Waals surface area contributed by atoms with Crippen LogP contribution in [-0.2, 0) is 64.8 Å². The SMILES string of the molecule is CCc1[c-]n(CC)c(CC)c1CC.Cc1[c-]cc(C)[nH]1.[CH-]=CC=CC.[CH-]=CC=CC.[Ru+2].[Ru+2]. The molecule has 0 atom stereocenters. The molecule has 0 bridgehead atoms. The Morgan fingerprint density at radius 3 is 1.62 bits per heavy atom. The molecule has 2 nitrogen and oxygen atoms in total. The molecule has 0 radical (unpaired) electrons. The molecule has 0 fully saturated rings. The van der Waals surface area contributed by atoms with Crippen molar-refractivity contribution in [3.05, 3.63) is 96.2 Å². The molecular formula is C28H42N2Ru2. The van der Waals surface area contributed by atoms with Crippen molar-refractivity contribution in [2.24, 2.45) is 0 Å². The zero-order valence-electron chi connectivity index (χ0n) is 21.2. The van der Waals surface area contributed by atoms with Crippen LogP contribution in [-0.4, -0.2) is 9.55 Å². The van der Waals surface area contributed by atoms with E-state index in [2.05, 4.69) is 49.5 Å². The molecule has 0 amide bonds. The van der Waals surface area contributed by atoms with E-state index in [1.54, 1.807) is 12.2 Å². The number of aryl methyl sites for hydroxylation is 4. The first-order valence-electron chi connectivity index (χ1n) is 10.9. The first kappa shape index (κ1) is 38.0. The third kappa shape index (κ3) is 17.3. The zero-order chi connectivity index (χ0) is 23.4. The van der Waals surface area contributed by atoms with Gasteiger partial charge >= 0.3 is 39.0 Å². The van der Waals surface area contributed by atoms with Crippen molar-refractivity contribution in [1.29, 1.82) is 0 Å². The van der Waals surface area contributed by atoms with Crippen LogP contribution >= 0.6 is 0 Å². The van der Waals surface area contributed by atoms with Gasteiger partial charge in [-0.15, -0.1) is 17.6 Å². The summed E-state index contributed by atoms with van der Waals surface area (Å²) in [6, 6.07) is 4.95. The molecule has 0 saturated heterocycles. The second-order valence-corrected chi connectivity index (χ2v) is 6.48. The molecule has 2 aromatic heterocycles. The summed E-state index contributed by atoms with van der Waals surface area (Å²) in [7, 11) is 0. The van der Waals surface area contributed by atoms with Crippen molar-refractivity contribution < 1.29 is 39.0 Å². The summed E-state index contributed by atoms with van der Waals surface area (Å²) in [6.07, 6.45) is 17.2. The van der Waals surface area contributed by atoms with Gasteiger partial charge in [0.05, 0.1) is 0 Å². The minimum absolute atomic E-state index is 0. The van der Waals surface area contributed by atoms with Crippen LogP contribution in [0.1, 0.15) is 69.8 Å². The fraction of sp³-hybridized carbons (Fsp3) is 0.429. The van der Waals surface area contributed by atoms with E-state index in [-0.39, 0.29) is 39.0 Å². The van der Waals surface area contributed by atoms with E-state index < -0.39 is 0 Å². The minimum Gasteiger partial charge on any atom is -0.468 e. The molecule has 0 spiro atoms. The Kier molecular flexibility index (Phi) is 30.9. The molecule has 2 rings (SSSR count). The number of nitrogens with zero attached hydrogens (tertiary/aromatic N) is 1. The van der Waals surface area contributed by atoms with Gasteiger partial charge in [-0.2, -0.15) is 23.3 Å². The summed E-state index contributed by atoms with van der Waals surface area (Å²) in [5.74, 6) is 0. The minimum atomic E-state index is 0. The van der Waals surface area contributed by atoms with Crippen molar-refractivity contribution >= 4 is 0 Å². The maximum Gasteiger partial charge on any atom is 2.00 e. The Morgan fingerprint density at radius 2 is 1.44 bits per heavy atom. The molecule has 2 aromatic rings. The average Bonchev–Trinajstić information content (AvgIpc) is 3.31. The van der Waals surface area contributed by atoms with Crippen LogP contribution in [0.3, 0.4) is 0 Å². The van der Waals surface area contributed by atoms with Gasteiger partial charge in [-0.3, -0.25) is 13.2 Å². The van der Waals surface area contributed by atoms with E-state index in [0.29, 0.717) is 0 Å². The van der Waals surface area contributed by atoms with E-state index in [1.807, 2.05) is 45.9 Å². The fourth-order valence-electron chi connectivity index (χ4n) is 2.83. The fourth-order valence-corrected chi connectivity index (χ4v) is 2.83. The van der Waals surface area contributed by atoms with Gasteiger partial charge in [-0.05, 0) is 20.4 Å². The van der Waals surface area contributed by atoms with Gasteiger partial charge in [0.25, 0.3) is 0 Å². The monoisotopic (exact) mass is 610 g/mol. The van der Waals surface area contributed by atoms with Crippen LogP contribution in [0.25, 0.3) is 0 Å². The van der Waals surface area contributed by atoms with Crippen LogP contribution in [0.15, 0.2) is 42.5 Å². The summed E-state index contributed by atoms with van der Waals surface area (Å²) < 4.78 is 2.28. The third-order valence-electron chi connectivity index (χ3n) is 4.16. The average molecular weight is 609 g/mol. The van der Waals surface area contributed by atoms with Crippen molar-refractivity contribution in [1.82, 2.24) is 9.55 Å². The Balaban J connectivity index is -0.000000176. The number of H-pyrrole nitrogens is 1. The molecule has 0 saturated carbocycles. The van der Waals surface area contributed by atoms with Gasteiger partial charge in [0.1, 0.15) is 0 Å². The Labute approximate surface area is 224 Å². The summed E-state index contributed by atoms with van der Waals surface area (Å²) in [4.78, 5) is 3.08. The number of allylic oxidation sites excluding steroid dienone is 6. The van der Waals surface area contributed by atoms with E-state index in [1.165, 1.54) is 34.7 Å². The molecule has 0 aromatic carbocycles. The Morgan fingerprint density at radius 1 is 0.906 bits per heavy atom. The molecule has 4 heteroatoms. The van der Waals surface area contributed by atoms with Crippen molar-refractivity contribution in [3.8, 4) is 0 Å². The molecular weight excluding hydrogens is 566 g/mol. The summed E-state index contributed by atoms with van der Waals surface area (Å²) in [6.45, 7) is 27.6. The second kappa shape index (κ2) is 26.0. The van der Waals surface area contributed by atoms with Gasteiger partial charge in [0.2, 0.25) is 0 Å². The second-order valence-electron chi connectivity index (χ2n) is 6.48. The Hall–Kier alpha value is -1.23. The van der Waals surface area contributed by atoms with Crippen LogP contribution in [0.4, 0.5) is 0 Å². The van der Waals surface area contributed by atoms with Crippen LogP contribution in [0.2, 0.25) is 0 Å². The van der Waals surface area contributed by atoms with Crippen LogP contribution in [0.5, 0.6) is 0 Å². The summed E-state index contributed by atoms with van der Waals surface area (Å²) in [5.41, 5.74) is 6.73. The van der Waals surface area contributed by atoms with E-state index >= 15 is 0 Å². The maximum atomic E-state index is 4.93. The van der Waals surface area contributed by atoms with E-state index in [0.717, 1.165) is 31.5 Å². The van der Waals surface area contributed by atoms with Gasteiger partial charge in [-0.25, -0.2) is 36.4 Å². The third-order valence-corrected chi connectivity index (χ3v) is 4.16. The van der Waals surface area contributed by atoms with E-state index in [9.17, 15) is 0 Å². The number of aromatic amines is 1. The van der Waals surface area contributed by atoms with Gasteiger partial charge in [0.15, 0.2) is 0 Å². The molecule has 0 aliphatic heterocycles. The largest absolute Gasteiger partial charge is 2.00 e. The van der Waals surface area contributed by atoms with Crippen molar-refractivity contribution in [2.75, 3.05) is 0 Å². The number of nitrogens with one attached hydrogen (secondary N) is 1. The predicted molar refractivity (Wildman–Crippen MR) is 134 cm³/mol. The zero-order valence-corrected chi connectivity index (χ0v) is 24.7. The Bertz CT molecular complexity index is 691. The smallest absolute Gasteiger partial charge is 0.468 e. The van der Waals surface area contributed by atoms with Gasteiger partial charge in [0, 0.05) is 0 Å². The van der Waals surface area contributed by atoms with Crippen molar-refractivity contribution in [2.45, 2.75) is 81.2 Å². The summed E-state index contributed by atoms with van der Waals surface area (Å²) in [5, 5.41) is 0. The quantitative estimate of drug-likeness (QED) is 0.199. The number of rotatable bonds is 6. The number of hydrogen-bond acceptors (Lipinski definition) is 0. The predicted octanol–water partition coefficient (Wildman–Crippen LogP) is 7.53. The van der Waals surface area contributed by atoms with E-state index in [4.69, 9.17) is 13.2 Å². The standard InChI is InChI=1S/C12H20N.C6H8N.2C5H7.2Ru/c1-5-10-9-13(8-4)12(7-3)11(10)6-2;1-5-3-4-6(2)7-5;2*1-3-5-4-2;;/h5-8H2,1-4H3;3,7H,1-2H3;2*1,3-5H,2H3;;/q4*-1;2*+2. The summed E-state index contributed by atoms with van der Waals surface area (Å²) >= 11 is 0. The van der Waals surface area contributed by atoms with Gasteiger partial charge < -0.3 is 9.55 Å². The molecule has 2 heterocycles. The van der Waals surface area contributed by atoms with Crippen LogP contribution in [0, 0.1) is 39.3 Å².